The second-order valence-electron chi connectivity index (χ2n) is 5.19. The Morgan fingerprint density at radius 1 is 1.37 bits per heavy atom. The van der Waals surface area contributed by atoms with Crippen LogP contribution in [0.5, 0.6) is 0 Å². The molecule has 1 amide bonds. The van der Waals surface area contributed by atoms with Crippen molar-refractivity contribution in [3.05, 3.63) is 28.8 Å². The van der Waals surface area contributed by atoms with Gasteiger partial charge in [-0.3, -0.25) is 9.59 Å². The molecule has 0 saturated heterocycles. The van der Waals surface area contributed by atoms with Gasteiger partial charge in [-0.25, -0.2) is 0 Å². The number of aliphatic carboxylic acids is 1. The van der Waals surface area contributed by atoms with Gasteiger partial charge >= 0.3 is 5.97 Å². The molecule has 0 saturated carbocycles. The van der Waals surface area contributed by atoms with E-state index < -0.39 is 17.4 Å². The maximum Gasteiger partial charge on any atom is 0.323 e. The third-order valence-electron chi connectivity index (χ3n) is 2.59. The van der Waals surface area contributed by atoms with E-state index in [2.05, 4.69) is 0 Å². The molecule has 19 heavy (non-hydrogen) atoms. The molecule has 1 aromatic carbocycles. The highest BCUT2D eigenvalue weighted by Gasteiger charge is 2.29. The minimum Gasteiger partial charge on any atom is -0.480 e. The quantitative estimate of drug-likeness (QED) is 0.834. The number of rotatable bonds is 3. The summed E-state index contributed by atoms with van der Waals surface area (Å²) in [7, 11) is 0. The molecule has 0 spiro atoms. The van der Waals surface area contributed by atoms with E-state index in [0.29, 0.717) is 10.6 Å². The van der Waals surface area contributed by atoms with Gasteiger partial charge in [0.1, 0.15) is 6.54 Å². The van der Waals surface area contributed by atoms with Crippen LogP contribution < -0.4 is 5.73 Å². The highest BCUT2D eigenvalue weighted by molar-refractivity contribution is 6.33. The number of hydrogen-bond donors (Lipinski definition) is 2. The fraction of sp³-hybridized carbons (Fsp3) is 0.385. The molecule has 0 unspecified atom stereocenters. The van der Waals surface area contributed by atoms with Gasteiger partial charge in [-0.15, -0.1) is 0 Å². The van der Waals surface area contributed by atoms with Crippen LogP contribution >= 0.6 is 11.6 Å². The summed E-state index contributed by atoms with van der Waals surface area (Å²) < 4.78 is 0. The van der Waals surface area contributed by atoms with Gasteiger partial charge < -0.3 is 15.7 Å². The molecule has 5 nitrogen and oxygen atoms in total. The number of nitrogen functional groups attached to an aromatic ring is 1. The molecule has 0 aliphatic heterocycles. The molecule has 0 heterocycles. The second kappa shape index (κ2) is 5.48. The zero-order chi connectivity index (χ0) is 14.8. The van der Waals surface area contributed by atoms with Gasteiger partial charge in [0.25, 0.3) is 5.91 Å². The number of carboxylic acid groups (broad SMARTS) is 1. The van der Waals surface area contributed by atoms with Crippen molar-refractivity contribution >= 4 is 29.2 Å². The summed E-state index contributed by atoms with van der Waals surface area (Å²) in [6.45, 7) is 4.94. The molecule has 104 valence electrons. The van der Waals surface area contributed by atoms with Crippen molar-refractivity contribution in [3.8, 4) is 0 Å². The predicted octanol–water partition coefficient (Wildman–Crippen LogP) is 2.25. The highest BCUT2D eigenvalue weighted by Crippen LogP contribution is 2.23. The second-order valence-corrected chi connectivity index (χ2v) is 5.60. The summed E-state index contributed by atoms with van der Waals surface area (Å²) >= 11 is 5.80. The van der Waals surface area contributed by atoms with Crippen LogP contribution in [0.3, 0.4) is 0 Å². The van der Waals surface area contributed by atoms with Gasteiger partial charge in [-0.05, 0) is 39.0 Å². The number of anilines is 1. The van der Waals surface area contributed by atoms with Gasteiger partial charge in [0.05, 0.1) is 10.7 Å². The van der Waals surface area contributed by atoms with Crippen LogP contribution in [0.2, 0.25) is 5.02 Å². The van der Waals surface area contributed by atoms with Gasteiger partial charge in [0.2, 0.25) is 0 Å². The van der Waals surface area contributed by atoms with Crippen molar-refractivity contribution < 1.29 is 14.7 Å². The van der Waals surface area contributed by atoms with E-state index in [4.69, 9.17) is 22.4 Å². The smallest absolute Gasteiger partial charge is 0.323 e. The normalized spacial score (nSPS) is 11.2. The maximum atomic E-state index is 12.4. The van der Waals surface area contributed by atoms with Gasteiger partial charge in [-0.1, -0.05) is 11.6 Å². The lowest BCUT2D eigenvalue weighted by molar-refractivity contribution is -0.138. The van der Waals surface area contributed by atoms with E-state index in [0.717, 1.165) is 0 Å². The lowest BCUT2D eigenvalue weighted by Crippen LogP contribution is -2.48. The van der Waals surface area contributed by atoms with Crippen LogP contribution in [-0.4, -0.2) is 34.0 Å². The number of nitrogens with zero attached hydrogens (tertiary/aromatic N) is 1. The molecule has 0 atom stereocenters. The lowest BCUT2D eigenvalue weighted by atomic mass is 10.0. The Labute approximate surface area is 117 Å². The van der Waals surface area contributed by atoms with Gasteiger partial charge in [-0.2, -0.15) is 0 Å². The van der Waals surface area contributed by atoms with Crippen molar-refractivity contribution in [2.75, 3.05) is 12.3 Å². The summed E-state index contributed by atoms with van der Waals surface area (Å²) in [5, 5.41) is 9.26. The van der Waals surface area contributed by atoms with Crippen LogP contribution in [0.1, 0.15) is 31.1 Å². The lowest BCUT2D eigenvalue weighted by Gasteiger charge is -2.34. The van der Waals surface area contributed by atoms with Crippen molar-refractivity contribution in [1.82, 2.24) is 4.90 Å². The van der Waals surface area contributed by atoms with Crippen LogP contribution in [0, 0.1) is 0 Å². The largest absolute Gasteiger partial charge is 0.480 e. The Balaban J connectivity index is 3.12. The molecule has 0 aliphatic rings. The average molecular weight is 285 g/mol. The first-order valence-corrected chi connectivity index (χ1v) is 6.09. The number of nitrogens with two attached hydrogens (primary N) is 1. The van der Waals surface area contributed by atoms with Gasteiger partial charge in [0.15, 0.2) is 0 Å². The molecule has 6 heteroatoms. The molecule has 0 aliphatic carbocycles. The van der Waals surface area contributed by atoms with Crippen LogP contribution in [0.15, 0.2) is 18.2 Å². The molecular formula is C13H17ClN2O3. The van der Waals surface area contributed by atoms with E-state index in [9.17, 15) is 9.59 Å². The van der Waals surface area contributed by atoms with E-state index >= 15 is 0 Å². The number of carbonyl (C=O) groups excluding carboxylic acids is 1. The molecular weight excluding hydrogens is 268 g/mol. The Kier molecular flexibility index (Phi) is 4.42. The number of hydrogen-bond acceptors (Lipinski definition) is 3. The number of benzene rings is 1. The first-order chi connectivity index (χ1) is 8.62. The average Bonchev–Trinajstić information content (AvgIpc) is 2.27. The van der Waals surface area contributed by atoms with Crippen molar-refractivity contribution in [1.29, 1.82) is 0 Å². The fourth-order valence-corrected chi connectivity index (χ4v) is 1.70. The number of carboxylic acids is 1. The first-order valence-electron chi connectivity index (χ1n) is 5.71. The van der Waals surface area contributed by atoms with E-state index in [1.54, 1.807) is 20.8 Å². The molecule has 1 aromatic rings. The summed E-state index contributed by atoms with van der Waals surface area (Å²) in [5.74, 6) is -1.46. The summed E-state index contributed by atoms with van der Waals surface area (Å²) in [4.78, 5) is 24.5. The Bertz CT molecular complexity index is 509. The zero-order valence-electron chi connectivity index (χ0n) is 11.1. The van der Waals surface area contributed by atoms with Crippen LogP contribution in [0.4, 0.5) is 5.69 Å². The third kappa shape index (κ3) is 3.86. The Morgan fingerprint density at radius 2 is 1.95 bits per heavy atom. The summed E-state index contributed by atoms with van der Waals surface area (Å²) in [6, 6.07) is 4.50. The number of amides is 1. The molecule has 1 rings (SSSR count). The summed E-state index contributed by atoms with van der Waals surface area (Å²) in [6.07, 6.45) is 0. The van der Waals surface area contributed by atoms with Crippen molar-refractivity contribution in [2.45, 2.75) is 26.3 Å². The maximum absolute atomic E-state index is 12.4. The highest BCUT2D eigenvalue weighted by atomic mass is 35.5. The van der Waals surface area contributed by atoms with Crippen molar-refractivity contribution in [2.24, 2.45) is 0 Å². The Morgan fingerprint density at radius 3 is 2.37 bits per heavy atom. The molecule has 0 radical (unpaired) electrons. The minimum atomic E-state index is -1.06. The van der Waals surface area contributed by atoms with Crippen LogP contribution in [-0.2, 0) is 4.79 Å². The minimum absolute atomic E-state index is 0.289. The van der Waals surface area contributed by atoms with Crippen LogP contribution in [0.25, 0.3) is 0 Å². The topological polar surface area (TPSA) is 83.6 Å². The molecule has 0 fully saturated rings. The standard InChI is InChI=1S/C13H17ClN2O3/c1-13(2,3)16(7-11(17)18)12(19)8-4-5-9(14)10(15)6-8/h4-6H,7,15H2,1-3H3,(H,17,18). The zero-order valence-corrected chi connectivity index (χ0v) is 11.9. The van der Waals surface area contributed by atoms with E-state index in [-0.39, 0.29) is 12.2 Å². The monoisotopic (exact) mass is 284 g/mol. The molecule has 0 aromatic heterocycles. The molecule has 3 N–H and O–H groups in total. The first kappa shape index (κ1) is 15.3. The van der Waals surface area contributed by atoms with E-state index in [1.807, 2.05) is 0 Å². The Hall–Kier alpha value is -1.75. The predicted molar refractivity (Wildman–Crippen MR) is 74.3 cm³/mol. The SMILES string of the molecule is CC(C)(C)N(CC(=O)O)C(=O)c1ccc(Cl)c(N)c1. The third-order valence-corrected chi connectivity index (χ3v) is 2.94. The van der Waals surface area contributed by atoms with E-state index in [1.165, 1.54) is 23.1 Å². The molecule has 0 bridgehead atoms. The van der Waals surface area contributed by atoms with Crippen molar-refractivity contribution in [3.63, 3.8) is 0 Å². The van der Waals surface area contributed by atoms with Gasteiger partial charge in [0, 0.05) is 11.1 Å². The fourth-order valence-electron chi connectivity index (χ4n) is 1.58. The number of carbonyl (C=O) groups is 2. The number of halogens is 1. The summed E-state index contributed by atoms with van der Waals surface area (Å²) in [5.41, 5.74) is 5.65.